The minimum atomic E-state index is -1.31. The molecular weight excluding hydrogens is 685 g/mol. The normalized spacial score (nSPS) is 22.2. The molecule has 2 fully saturated rings. The van der Waals surface area contributed by atoms with Gasteiger partial charge in [-0.3, -0.25) is 18.9 Å². The summed E-state index contributed by atoms with van der Waals surface area (Å²) in [5, 5.41) is 34.6. The predicted octanol–water partition coefficient (Wildman–Crippen LogP) is 6.06. The van der Waals surface area contributed by atoms with Gasteiger partial charge in [-0.05, 0) is 124 Å². The maximum atomic E-state index is 12.8. The van der Waals surface area contributed by atoms with Crippen LogP contribution in [-0.2, 0) is 9.47 Å². The smallest absolute Gasteiger partial charge is 0.464 e. The van der Waals surface area contributed by atoms with Crippen LogP contribution in [0.15, 0.2) is 22.3 Å². The van der Waals surface area contributed by atoms with Crippen molar-refractivity contribution in [3.63, 3.8) is 0 Å². The summed E-state index contributed by atoms with van der Waals surface area (Å²) in [5.74, 6) is 1.15. The number of rotatable bonds is 18. The molecular formula is C27H38N4O11S4. The highest BCUT2D eigenvalue weighted by Crippen LogP contribution is 2.48. The Morgan fingerprint density at radius 3 is 1.22 bits per heavy atom. The Labute approximate surface area is 282 Å². The van der Waals surface area contributed by atoms with Crippen molar-refractivity contribution in [1.29, 1.82) is 0 Å². The molecule has 4 amide bonds. The number of hydrogen-bond acceptors (Lipinski definition) is 11. The summed E-state index contributed by atoms with van der Waals surface area (Å²) in [6.07, 6.45) is 2.83. The maximum Gasteiger partial charge on any atom is 0.508 e. The molecule has 0 radical (unpaired) electrons. The van der Waals surface area contributed by atoms with E-state index in [1.54, 1.807) is 0 Å². The molecule has 6 unspecified atom stereocenters. The van der Waals surface area contributed by atoms with Gasteiger partial charge in [0.05, 0.1) is 10.5 Å². The number of fused-ring (bicyclic) bond motifs is 4. The number of carbonyl (C=O) groups is 5. The molecule has 0 aromatic rings. The first-order valence-corrected chi connectivity index (χ1v) is 18.3. The first-order chi connectivity index (χ1) is 22.0. The first kappa shape index (κ1) is 36.1. The van der Waals surface area contributed by atoms with Crippen molar-refractivity contribution in [2.75, 3.05) is 13.2 Å². The maximum absolute atomic E-state index is 12.8. The van der Waals surface area contributed by atoms with Gasteiger partial charge in [0, 0.05) is 10.5 Å². The fourth-order valence-electron chi connectivity index (χ4n) is 6.56. The Morgan fingerprint density at radius 1 is 0.587 bits per heavy atom. The molecule has 0 spiro atoms. The number of ether oxygens (including phenoxy) is 2. The number of nitrogens with one attached hydrogen (secondary N) is 4. The van der Waals surface area contributed by atoms with Crippen molar-refractivity contribution >= 4 is 78.3 Å². The molecule has 0 aromatic carbocycles. The Bertz CT molecular complexity index is 1150. The van der Waals surface area contributed by atoms with E-state index in [2.05, 4.69) is 18.9 Å². The van der Waals surface area contributed by atoms with E-state index < -0.39 is 51.5 Å². The lowest BCUT2D eigenvalue weighted by molar-refractivity contribution is 0.0556. The van der Waals surface area contributed by atoms with Gasteiger partial charge in [-0.25, -0.2) is 24.0 Å². The molecule has 15 nitrogen and oxygen atoms in total. The quantitative estimate of drug-likeness (QED) is 0.0456. The van der Waals surface area contributed by atoms with Gasteiger partial charge >= 0.3 is 30.5 Å². The second-order valence-electron chi connectivity index (χ2n) is 11.6. The van der Waals surface area contributed by atoms with Gasteiger partial charge in [0.2, 0.25) is 0 Å². The summed E-state index contributed by atoms with van der Waals surface area (Å²) in [6.45, 7) is -0.618. The average Bonchev–Trinajstić information content (AvgIpc) is 3.81. The summed E-state index contributed by atoms with van der Waals surface area (Å²) in [5.41, 5.74) is 5.15. The number of amides is 4. The van der Waals surface area contributed by atoms with Crippen LogP contribution in [0.5, 0.6) is 0 Å². The van der Waals surface area contributed by atoms with E-state index in [1.807, 2.05) is 0 Å². The largest absolute Gasteiger partial charge is 0.508 e. The van der Waals surface area contributed by atoms with E-state index in [9.17, 15) is 44.4 Å². The van der Waals surface area contributed by atoms with Crippen LogP contribution in [-0.4, -0.2) is 85.2 Å². The minimum Gasteiger partial charge on any atom is -0.464 e. The van der Waals surface area contributed by atoms with Gasteiger partial charge < -0.3 is 29.9 Å². The average molecular weight is 723 g/mol. The van der Waals surface area contributed by atoms with Crippen molar-refractivity contribution in [3.8, 4) is 0 Å². The van der Waals surface area contributed by atoms with Crippen LogP contribution >= 0.6 is 47.8 Å². The SMILES string of the molecule is O=C(O)NSC(COC(=O)OCC(SNC(=O)O)C(CC1=C2CCC(C2)C1)SNC(=O)O)C(CC1=C2CCC(C2)C1)SNC(=O)O. The van der Waals surface area contributed by atoms with Crippen LogP contribution < -0.4 is 18.9 Å². The summed E-state index contributed by atoms with van der Waals surface area (Å²) < 4.78 is 19.8. The second-order valence-corrected chi connectivity index (χ2v) is 15.8. The number of carbonyl (C=O) groups excluding carboxylic acids is 1. The van der Waals surface area contributed by atoms with Gasteiger partial charge in [0.15, 0.2) is 0 Å². The van der Waals surface area contributed by atoms with Crippen LogP contribution in [0.3, 0.4) is 0 Å². The first-order valence-electron chi connectivity index (χ1n) is 14.7. The van der Waals surface area contributed by atoms with Crippen LogP contribution in [0.25, 0.3) is 0 Å². The zero-order valence-electron chi connectivity index (χ0n) is 24.7. The van der Waals surface area contributed by atoms with E-state index in [1.165, 1.54) is 22.3 Å². The second kappa shape index (κ2) is 17.4. The van der Waals surface area contributed by atoms with Crippen LogP contribution in [0.4, 0.5) is 24.0 Å². The monoisotopic (exact) mass is 722 g/mol. The van der Waals surface area contributed by atoms with Gasteiger partial charge in [-0.1, -0.05) is 22.3 Å². The van der Waals surface area contributed by atoms with Gasteiger partial charge in [-0.15, -0.1) is 0 Å². The molecule has 0 heterocycles. The van der Waals surface area contributed by atoms with Crippen molar-refractivity contribution in [2.45, 2.75) is 85.2 Å². The van der Waals surface area contributed by atoms with E-state index in [4.69, 9.17) is 9.47 Å². The van der Waals surface area contributed by atoms with Crippen LogP contribution in [0, 0.1) is 11.8 Å². The van der Waals surface area contributed by atoms with Crippen molar-refractivity contribution < 1.29 is 53.9 Å². The third kappa shape index (κ3) is 11.2. The molecule has 256 valence electrons. The molecule has 0 aliphatic heterocycles. The number of hydrogen-bond donors (Lipinski definition) is 8. The highest BCUT2D eigenvalue weighted by Gasteiger charge is 2.36. The lowest BCUT2D eigenvalue weighted by Crippen LogP contribution is -2.36. The Morgan fingerprint density at radius 2 is 0.935 bits per heavy atom. The van der Waals surface area contributed by atoms with E-state index in [0.29, 0.717) is 24.7 Å². The van der Waals surface area contributed by atoms with E-state index >= 15 is 0 Å². The molecule has 2 saturated carbocycles. The van der Waals surface area contributed by atoms with Gasteiger partial charge in [0.1, 0.15) is 13.2 Å². The highest BCUT2D eigenvalue weighted by atomic mass is 32.2. The lowest BCUT2D eigenvalue weighted by Gasteiger charge is -2.28. The number of carboxylic acid groups (broad SMARTS) is 4. The van der Waals surface area contributed by atoms with Crippen molar-refractivity contribution in [1.82, 2.24) is 18.9 Å². The summed E-state index contributed by atoms with van der Waals surface area (Å²) in [4.78, 5) is 58.0. The van der Waals surface area contributed by atoms with Gasteiger partial charge in [0.25, 0.3) is 0 Å². The molecule has 4 rings (SSSR count). The molecule has 19 heteroatoms. The molecule has 46 heavy (non-hydrogen) atoms. The third-order valence-electron chi connectivity index (χ3n) is 8.49. The molecule has 4 aliphatic carbocycles. The zero-order valence-corrected chi connectivity index (χ0v) is 28.0. The lowest BCUT2D eigenvalue weighted by atomic mass is 9.95. The van der Waals surface area contributed by atoms with E-state index in [0.717, 1.165) is 99.2 Å². The minimum absolute atomic E-state index is 0.309. The van der Waals surface area contributed by atoms with Crippen LogP contribution in [0.2, 0.25) is 0 Å². The summed E-state index contributed by atoms with van der Waals surface area (Å²) >= 11 is 3.43. The molecule has 4 aliphatic rings. The van der Waals surface area contributed by atoms with Crippen LogP contribution in [0.1, 0.15) is 64.2 Å². The molecule has 0 saturated heterocycles. The van der Waals surface area contributed by atoms with E-state index in [-0.39, 0.29) is 13.2 Å². The van der Waals surface area contributed by atoms with Crippen molar-refractivity contribution in [2.24, 2.45) is 11.8 Å². The highest BCUT2D eigenvalue weighted by molar-refractivity contribution is 8.02. The zero-order chi connectivity index (χ0) is 33.2. The predicted molar refractivity (Wildman–Crippen MR) is 175 cm³/mol. The topological polar surface area (TPSA) is 233 Å². The van der Waals surface area contributed by atoms with Gasteiger partial charge in [-0.2, -0.15) is 0 Å². The summed E-state index contributed by atoms with van der Waals surface area (Å²) in [6, 6.07) is 0. The standard InChI is InChI=1S/C27H38N4O11S4/c32-23(33)28-43-19(9-17-7-13-1-3-15(17)5-13)21(45-30-25(36)37)11-41-27(40)42-12-22(46-31-26(38)39)20(44-29-24(34)35)10-18-8-14-2-4-16(18)6-14/h13-14,19-22,28-31H,1-12H2,(H,32,33)(H,34,35)(H,36,37)(H,38,39). The molecule has 8 N–H and O–H groups in total. The Kier molecular flexibility index (Phi) is 13.6. The molecule has 4 bridgehead atoms. The third-order valence-corrected chi connectivity index (χ3v) is 13.1. The number of allylic oxidation sites excluding steroid dienone is 4. The Balaban J connectivity index is 1.40. The summed E-state index contributed by atoms with van der Waals surface area (Å²) in [7, 11) is 0. The molecule has 0 aromatic heterocycles. The fourth-order valence-corrected chi connectivity index (χ4v) is 10.0. The fraction of sp³-hybridized carbons (Fsp3) is 0.667. The molecule has 6 atom stereocenters. The van der Waals surface area contributed by atoms with Crippen molar-refractivity contribution in [3.05, 3.63) is 22.3 Å². The Hall–Kier alpha value is -2.77.